The standard InChI is InChI=1S/C14H10FN3.C12H10.C8H10AsNO5/c15-12-3-1-11(2-4-12)14-13(9-17-18-14)10-5-7-16-8-6-10;1-3-7-11(8-4-1)12-9-5-2-6-10-12;1-7(11)10-14-9(12,15-13)8-5-3-2-4-6-8/h1-9H,(H,17,18);1-10H;2-6,13H,1H3,(H,10,11). The van der Waals surface area contributed by atoms with Gasteiger partial charge in [-0.3, -0.25) is 10.1 Å². The van der Waals surface area contributed by atoms with Crippen LogP contribution in [0.4, 0.5) is 4.39 Å². The normalized spacial score (nSPS) is 11.5. The van der Waals surface area contributed by atoms with E-state index in [2.05, 4.69) is 71.4 Å². The number of rotatable bonds is 7. The van der Waals surface area contributed by atoms with Crippen molar-refractivity contribution < 1.29 is 25.9 Å². The van der Waals surface area contributed by atoms with Gasteiger partial charge in [-0.1, -0.05) is 60.7 Å². The van der Waals surface area contributed by atoms with E-state index in [-0.39, 0.29) is 10.2 Å². The molecule has 0 aliphatic heterocycles. The summed E-state index contributed by atoms with van der Waals surface area (Å²) in [6.45, 7) is 1.18. The number of carbonyl (C=O) groups is 1. The molecule has 4 aromatic carbocycles. The van der Waals surface area contributed by atoms with Gasteiger partial charge < -0.3 is 0 Å². The molecule has 0 fully saturated rings. The summed E-state index contributed by atoms with van der Waals surface area (Å²) in [5.41, 5.74) is 8.21. The molecule has 1 amide bonds. The van der Waals surface area contributed by atoms with E-state index in [4.69, 9.17) is 5.26 Å². The molecule has 45 heavy (non-hydrogen) atoms. The molecule has 1 atom stereocenters. The van der Waals surface area contributed by atoms with Gasteiger partial charge in [-0.15, -0.1) is 0 Å². The maximum absolute atomic E-state index is 12.9. The van der Waals surface area contributed by atoms with Gasteiger partial charge in [-0.25, -0.2) is 4.39 Å². The van der Waals surface area contributed by atoms with Crippen LogP contribution in [0.25, 0.3) is 33.5 Å². The summed E-state index contributed by atoms with van der Waals surface area (Å²) in [5, 5.41) is 15.5. The van der Waals surface area contributed by atoms with E-state index in [0.29, 0.717) is 0 Å². The topological polar surface area (TPSA) is 126 Å². The Morgan fingerprint density at radius 2 is 1.29 bits per heavy atom. The summed E-state index contributed by atoms with van der Waals surface area (Å²) in [4.78, 5) is 14.5. The van der Waals surface area contributed by atoms with Gasteiger partial charge in [0.25, 0.3) is 0 Å². The molecule has 0 saturated carbocycles. The smallest absolute Gasteiger partial charge is 0.123 e. The number of hydroxylamine groups is 1. The zero-order valence-corrected chi connectivity index (χ0v) is 26.0. The molecule has 228 valence electrons. The Morgan fingerprint density at radius 3 is 1.80 bits per heavy atom. The summed E-state index contributed by atoms with van der Waals surface area (Å²) in [5.74, 6) is -0.784. The Morgan fingerprint density at radius 1 is 0.756 bits per heavy atom. The van der Waals surface area contributed by atoms with Crippen LogP contribution in [0.1, 0.15) is 6.92 Å². The molecular formula is C34H30AsFN4O5. The Kier molecular flexibility index (Phi) is 12.1. The molecule has 2 aromatic heterocycles. The maximum Gasteiger partial charge on any atom is 0.123 e. The minimum absolute atomic E-state index is 0.201. The van der Waals surface area contributed by atoms with E-state index < -0.39 is 20.1 Å². The number of H-pyrrole nitrogens is 1. The van der Waals surface area contributed by atoms with Crippen molar-refractivity contribution in [2.75, 3.05) is 0 Å². The monoisotopic (exact) mass is 668 g/mol. The molecule has 0 spiro atoms. The van der Waals surface area contributed by atoms with Gasteiger partial charge in [0.2, 0.25) is 0 Å². The van der Waals surface area contributed by atoms with Crippen molar-refractivity contribution in [2.45, 2.75) is 6.92 Å². The Labute approximate surface area is 262 Å². The van der Waals surface area contributed by atoms with Crippen LogP contribution >= 0.6 is 0 Å². The van der Waals surface area contributed by atoms with E-state index in [9.17, 15) is 12.9 Å². The van der Waals surface area contributed by atoms with E-state index in [0.717, 1.165) is 22.4 Å². The first-order chi connectivity index (χ1) is 21.9. The van der Waals surface area contributed by atoms with Gasteiger partial charge in [0.1, 0.15) is 5.82 Å². The van der Waals surface area contributed by atoms with Crippen LogP contribution in [0.5, 0.6) is 0 Å². The summed E-state index contributed by atoms with van der Waals surface area (Å²) < 4.78 is 33.4. The molecule has 0 aliphatic carbocycles. The van der Waals surface area contributed by atoms with Crippen LogP contribution in [-0.4, -0.2) is 40.5 Å². The number of amides is 1. The number of hydrogen-bond donors (Lipinski definition) is 3. The molecule has 9 nitrogen and oxygen atoms in total. The van der Waals surface area contributed by atoms with Crippen molar-refractivity contribution in [3.8, 4) is 33.5 Å². The molecule has 0 saturated heterocycles. The summed E-state index contributed by atoms with van der Waals surface area (Å²) in [7, 11) is 0. The largest absolute Gasteiger partial charge is 0.277 e. The molecule has 0 radical (unpaired) electrons. The number of aromatic amines is 1. The molecule has 0 aliphatic rings. The van der Waals surface area contributed by atoms with Gasteiger partial charge in [0, 0.05) is 23.5 Å². The van der Waals surface area contributed by atoms with Gasteiger partial charge >= 0.3 is 88.7 Å². The number of nitrogens with zero attached hydrogens (tertiary/aromatic N) is 2. The quantitative estimate of drug-likeness (QED) is 0.101. The van der Waals surface area contributed by atoms with Gasteiger partial charge in [-0.2, -0.15) is 5.10 Å². The SMILES string of the molecule is CC(=O)NO[As](=O)(OO)c1ccccc1.Fc1ccc(-c2[nH]ncc2-c2ccncc2)cc1.c1ccc(-c2ccccc2)cc1. The Balaban J connectivity index is 0.000000157. The average Bonchev–Trinajstić information content (AvgIpc) is 3.60. The first-order valence-electron chi connectivity index (χ1n) is 13.6. The van der Waals surface area contributed by atoms with Gasteiger partial charge in [0.05, 0.1) is 11.9 Å². The van der Waals surface area contributed by atoms with E-state index >= 15 is 0 Å². The third-order valence-electron chi connectivity index (χ3n) is 6.13. The molecular weight excluding hydrogens is 638 g/mol. The second kappa shape index (κ2) is 16.7. The predicted octanol–water partition coefficient (Wildman–Crippen LogP) is 6.45. The molecule has 6 rings (SSSR count). The second-order valence-electron chi connectivity index (χ2n) is 9.30. The summed E-state index contributed by atoms with van der Waals surface area (Å²) in [6, 6.07) is 38.8. The van der Waals surface area contributed by atoms with Crippen molar-refractivity contribution in [3.63, 3.8) is 0 Å². The van der Waals surface area contributed by atoms with Crippen molar-refractivity contribution in [1.29, 1.82) is 0 Å². The molecule has 6 aromatic rings. The maximum atomic E-state index is 12.9. The fourth-order valence-electron chi connectivity index (χ4n) is 3.99. The van der Waals surface area contributed by atoms with Gasteiger partial charge in [0.15, 0.2) is 0 Å². The molecule has 2 heterocycles. The van der Waals surface area contributed by atoms with Crippen molar-refractivity contribution in [3.05, 3.63) is 152 Å². The first-order valence-corrected chi connectivity index (χ1v) is 16.9. The number of aromatic nitrogens is 3. The second-order valence-corrected chi connectivity index (χ2v) is 13.2. The fraction of sp³-hybridized carbons (Fsp3) is 0.0294. The fourth-order valence-corrected chi connectivity index (χ4v) is 6.12. The zero-order chi connectivity index (χ0) is 31.9. The minimum Gasteiger partial charge on any atom is -0.277 e. The number of nitrogens with one attached hydrogen (secondary N) is 2. The molecule has 11 heteroatoms. The molecule has 0 bridgehead atoms. The average molecular weight is 669 g/mol. The predicted molar refractivity (Wildman–Crippen MR) is 170 cm³/mol. The van der Waals surface area contributed by atoms with Crippen molar-refractivity contribution in [1.82, 2.24) is 20.7 Å². The van der Waals surface area contributed by atoms with Crippen LogP contribution < -0.4 is 9.83 Å². The third kappa shape index (κ3) is 9.69. The number of pyridine rings is 1. The summed E-state index contributed by atoms with van der Waals surface area (Å²) in [6.07, 6.45) is 5.22. The van der Waals surface area contributed by atoms with E-state index in [1.54, 1.807) is 48.9 Å². The van der Waals surface area contributed by atoms with E-state index in [1.807, 2.05) is 29.7 Å². The van der Waals surface area contributed by atoms with Gasteiger partial charge in [-0.05, 0) is 53.1 Å². The molecule has 1 unspecified atom stereocenters. The van der Waals surface area contributed by atoms with Crippen LogP contribution in [0.15, 0.2) is 146 Å². The molecule has 3 N–H and O–H groups in total. The zero-order valence-electron chi connectivity index (χ0n) is 24.2. The van der Waals surface area contributed by atoms with Crippen LogP contribution in [0, 0.1) is 5.82 Å². The number of carbonyl (C=O) groups excluding carboxylic acids is 1. The summed E-state index contributed by atoms with van der Waals surface area (Å²) >= 11 is -4.55. The number of hydrogen-bond acceptors (Lipinski definition) is 7. The third-order valence-corrected chi connectivity index (χ3v) is 9.23. The Hall–Kier alpha value is -5.12. The van der Waals surface area contributed by atoms with Crippen molar-refractivity contribution in [2.24, 2.45) is 0 Å². The van der Waals surface area contributed by atoms with Crippen molar-refractivity contribution >= 4 is 24.4 Å². The van der Waals surface area contributed by atoms with E-state index in [1.165, 1.54) is 42.3 Å². The van der Waals surface area contributed by atoms with Crippen LogP contribution in [0.3, 0.4) is 0 Å². The number of halogens is 1. The first kappa shape index (κ1) is 32.8. The number of benzene rings is 4. The van der Waals surface area contributed by atoms with Crippen LogP contribution in [-0.2, 0) is 16.2 Å². The minimum atomic E-state index is -4.55. The Bertz CT molecular complexity index is 1750. The van der Waals surface area contributed by atoms with Crippen LogP contribution in [0.2, 0.25) is 0 Å².